The number of halogens is 1. The van der Waals surface area contributed by atoms with Gasteiger partial charge in [0.1, 0.15) is 29.7 Å². The Labute approximate surface area is 227 Å². The first-order valence-electron chi connectivity index (χ1n) is 12.5. The van der Waals surface area contributed by atoms with E-state index >= 15 is 0 Å². The Morgan fingerprint density at radius 2 is 1.89 bits per heavy atom. The number of carbonyl (C=O) groups excluding carboxylic acids is 2. The van der Waals surface area contributed by atoms with Crippen LogP contribution in [0.3, 0.4) is 0 Å². The van der Waals surface area contributed by atoms with Crippen LogP contribution in [0, 0.1) is 17.2 Å². The van der Waals surface area contributed by atoms with Crippen LogP contribution in [0.2, 0.25) is 5.02 Å². The predicted octanol–water partition coefficient (Wildman–Crippen LogP) is 5.48. The lowest BCUT2D eigenvalue weighted by Gasteiger charge is -2.46. The van der Waals surface area contributed by atoms with Gasteiger partial charge in [0.2, 0.25) is 5.91 Å². The van der Waals surface area contributed by atoms with Gasteiger partial charge in [-0.05, 0) is 70.7 Å². The molecule has 1 saturated heterocycles. The third-order valence-corrected chi connectivity index (χ3v) is 6.92. The molecule has 2 heterocycles. The van der Waals surface area contributed by atoms with Crippen LogP contribution in [-0.2, 0) is 11.3 Å². The van der Waals surface area contributed by atoms with E-state index in [1.807, 2.05) is 0 Å². The van der Waals surface area contributed by atoms with Crippen LogP contribution in [0.5, 0.6) is 11.5 Å². The zero-order valence-corrected chi connectivity index (χ0v) is 22.8. The molecule has 0 bridgehead atoms. The standard InChI is InChI=1S/C29H32ClN5O3/c1-28(2)12-18(13-29(3,4)34-28)10-24(36)19-8-9-26(23(30)11-19)38-25-7-5-6-21(22(25)14-31)20-15-33-35(16-20)17-27(32)37/h5-9,11,15-16,18,34H,10,12-13,17H2,1-4H3,(H2,32,37). The van der Waals surface area contributed by atoms with Crippen molar-refractivity contribution in [2.24, 2.45) is 11.7 Å². The summed E-state index contributed by atoms with van der Waals surface area (Å²) in [5, 5.41) is 18.0. The Bertz CT molecular complexity index is 1400. The number of primary amides is 1. The second-order valence-corrected chi connectivity index (χ2v) is 11.6. The summed E-state index contributed by atoms with van der Waals surface area (Å²) in [6.45, 7) is 8.63. The summed E-state index contributed by atoms with van der Waals surface area (Å²) in [5.74, 6) is 0.455. The van der Waals surface area contributed by atoms with Crippen LogP contribution >= 0.6 is 11.6 Å². The first-order valence-corrected chi connectivity index (χ1v) is 12.9. The largest absolute Gasteiger partial charge is 0.454 e. The van der Waals surface area contributed by atoms with Crippen molar-refractivity contribution in [3.05, 3.63) is 64.9 Å². The minimum Gasteiger partial charge on any atom is -0.454 e. The molecule has 38 heavy (non-hydrogen) atoms. The maximum atomic E-state index is 13.1. The number of carbonyl (C=O) groups is 2. The summed E-state index contributed by atoms with van der Waals surface area (Å²) < 4.78 is 7.44. The van der Waals surface area contributed by atoms with Crippen LogP contribution in [0.4, 0.5) is 0 Å². The summed E-state index contributed by atoms with van der Waals surface area (Å²) in [5.41, 5.74) is 7.24. The number of ether oxygens (including phenoxy) is 1. The van der Waals surface area contributed by atoms with E-state index < -0.39 is 5.91 Å². The number of nitrogens with one attached hydrogen (secondary N) is 1. The van der Waals surface area contributed by atoms with E-state index in [0.29, 0.717) is 40.2 Å². The van der Waals surface area contributed by atoms with Crippen molar-refractivity contribution in [3.8, 4) is 28.7 Å². The fourth-order valence-corrected chi connectivity index (χ4v) is 5.87. The van der Waals surface area contributed by atoms with Gasteiger partial charge < -0.3 is 15.8 Å². The van der Waals surface area contributed by atoms with Gasteiger partial charge in [0.15, 0.2) is 5.78 Å². The Balaban J connectivity index is 1.52. The quantitative estimate of drug-likeness (QED) is 0.369. The third kappa shape index (κ3) is 6.42. The molecule has 198 valence electrons. The zero-order valence-electron chi connectivity index (χ0n) is 22.0. The van der Waals surface area contributed by atoms with Crippen LogP contribution in [0.15, 0.2) is 48.8 Å². The van der Waals surface area contributed by atoms with Crippen molar-refractivity contribution in [1.29, 1.82) is 5.26 Å². The molecule has 0 spiro atoms. The van der Waals surface area contributed by atoms with Gasteiger partial charge >= 0.3 is 0 Å². The second-order valence-electron chi connectivity index (χ2n) is 11.2. The van der Waals surface area contributed by atoms with Crippen molar-refractivity contribution >= 4 is 23.3 Å². The van der Waals surface area contributed by atoms with Crippen molar-refractivity contribution in [1.82, 2.24) is 15.1 Å². The molecule has 1 fully saturated rings. The average Bonchev–Trinajstić information content (AvgIpc) is 3.25. The molecule has 0 radical (unpaired) electrons. The number of ketones is 1. The summed E-state index contributed by atoms with van der Waals surface area (Å²) in [4.78, 5) is 24.3. The lowest BCUT2D eigenvalue weighted by molar-refractivity contribution is -0.118. The van der Waals surface area contributed by atoms with Crippen molar-refractivity contribution < 1.29 is 14.3 Å². The van der Waals surface area contributed by atoms with Gasteiger partial charge in [0.05, 0.1) is 11.2 Å². The first kappa shape index (κ1) is 27.4. The van der Waals surface area contributed by atoms with Gasteiger partial charge in [0.25, 0.3) is 0 Å². The van der Waals surface area contributed by atoms with Gasteiger partial charge in [-0.1, -0.05) is 23.7 Å². The molecule has 9 heteroatoms. The van der Waals surface area contributed by atoms with E-state index in [1.54, 1.807) is 48.8 Å². The Morgan fingerprint density at radius 3 is 2.53 bits per heavy atom. The summed E-state index contributed by atoms with van der Waals surface area (Å²) in [6, 6.07) is 12.4. The highest BCUT2D eigenvalue weighted by atomic mass is 35.5. The highest BCUT2D eigenvalue weighted by molar-refractivity contribution is 6.32. The minimum atomic E-state index is -0.516. The number of nitrogens with two attached hydrogens (primary N) is 1. The van der Waals surface area contributed by atoms with Gasteiger partial charge in [-0.3, -0.25) is 14.3 Å². The number of rotatable bonds is 8. The topological polar surface area (TPSA) is 123 Å². The van der Waals surface area contributed by atoms with Crippen molar-refractivity contribution in [2.45, 2.75) is 64.6 Å². The van der Waals surface area contributed by atoms with E-state index in [-0.39, 0.29) is 34.3 Å². The van der Waals surface area contributed by atoms with Crippen LogP contribution in [0.25, 0.3) is 11.1 Å². The fraction of sp³-hybridized carbons (Fsp3) is 0.379. The molecule has 0 unspecified atom stereocenters. The van der Waals surface area contributed by atoms with E-state index in [1.165, 1.54) is 4.68 Å². The molecule has 3 aromatic rings. The van der Waals surface area contributed by atoms with Crippen LogP contribution in [-0.4, -0.2) is 32.5 Å². The third-order valence-electron chi connectivity index (χ3n) is 6.62. The number of piperidine rings is 1. The lowest BCUT2D eigenvalue weighted by atomic mass is 9.74. The zero-order chi connectivity index (χ0) is 27.7. The molecule has 1 aliphatic heterocycles. The number of nitrogens with zero attached hydrogens (tertiary/aromatic N) is 3. The molecule has 4 rings (SSSR count). The summed E-state index contributed by atoms with van der Waals surface area (Å²) in [6.07, 6.45) is 5.50. The second kappa shape index (κ2) is 10.6. The maximum absolute atomic E-state index is 13.1. The number of Topliss-reactive ketones (excluding diaryl/α,β-unsaturated/α-hetero) is 1. The first-order chi connectivity index (χ1) is 17.9. The molecule has 3 N–H and O–H groups in total. The molecule has 2 aromatic carbocycles. The molecule has 8 nitrogen and oxygen atoms in total. The SMILES string of the molecule is CC1(C)CC(CC(=O)c2ccc(Oc3cccc(-c4cnn(CC(N)=O)c4)c3C#N)c(Cl)c2)CC(C)(C)N1. The Kier molecular flexibility index (Phi) is 7.63. The molecule has 1 amide bonds. The molecule has 1 aliphatic rings. The van der Waals surface area contributed by atoms with Crippen molar-refractivity contribution in [3.63, 3.8) is 0 Å². The maximum Gasteiger partial charge on any atom is 0.239 e. The number of aromatic nitrogens is 2. The number of amides is 1. The van der Waals surface area contributed by atoms with E-state index in [4.69, 9.17) is 22.1 Å². The molecule has 1 aromatic heterocycles. The normalized spacial score (nSPS) is 16.5. The number of nitriles is 1. The van der Waals surface area contributed by atoms with E-state index in [0.717, 1.165) is 12.8 Å². The van der Waals surface area contributed by atoms with Crippen molar-refractivity contribution in [2.75, 3.05) is 0 Å². The summed E-state index contributed by atoms with van der Waals surface area (Å²) in [7, 11) is 0. The molecule has 0 atom stereocenters. The molecular weight excluding hydrogens is 502 g/mol. The molecule has 0 saturated carbocycles. The van der Waals surface area contributed by atoms with Gasteiger partial charge in [-0.25, -0.2) is 0 Å². The van der Waals surface area contributed by atoms with Gasteiger partial charge in [0, 0.05) is 40.4 Å². The van der Waals surface area contributed by atoms with Crippen LogP contribution < -0.4 is 15.8 Å². The minimum absolute atomic E-state index is 0.0322. The Morgan fingerprint density at radius 1 is 1.18 bits per heavy atom. The molecular formula is C29H32ClN5O3. The highest BCUT2D eigenvalue weighted by Crippen LogP contribution is 2.38. The number of hydrogen-bond acceptors (Lipinski definition) is 6. The number of benzene rings is 2. The fourth-order valence-electron chi connectivity index (χ4n) is 5.65. The molecule has 0 aliphatic carbocycles. The van der Waals surface area contributed by atoms with Crippen LogP contribution in [0.1, 0.15) is 62.9 Å². The lowest BCUT2D eigenvalue weighted by Crippen LogP contribution is -2.57. The highest BCUT2D eigenvalue weighted by Gasteiger charge is 2.38. The van der Waals surface area contributed by atoms with E-state index in [2.05, 4.69) is 44.2 Å². The number of hydrogen-bond donors (Lipinski definition) is 2. The Hall–Kier alpha value is -3.67. The average molecular weight is 534 g/mol. The predicted molar refractivity (Wildman–Crippen MR) is 146 cm³/mol. The monoisotopic (exact) mass is 533 g/mol. The van der Waals surface area contributed by atoms with Gasteiger partial charge in [-0.2, -0.15) is 10.4 Å². The smallest absolute Gasteiger partial charge is 0.239 e. The van der Waals surface area contributed by atoms with E-state index in [9.17, 15) is 14.9 Å². The summed E-state index contributed by atoms with van der Waals surface area (Å²) >= 11 is 6.53. The van der Waals surface area contributed by atoms with Gasteiger partial charge in [-0.15, -0.1) is 0 Å².